The van der Waals surface area contributed by atoms with Gasteiger partial charge in [0.2, 0.25) is 5.91 Å². The molecule has 3 saturated heterocycles. The van der Waals surface area contributed by atoms with E-state index in [0.29, 0.717) is 30.0 Å². The molecule has 1 spiro atoms. The molecule has 0 saturated carbocycles. The van der Waals surface area contributed by atoms with E-state index in [1.54, 1.807) is 24.0 Å². The van der Waals surface area contributed by atoms with Crippen LogP contribution in [-0.4, -0.2) is 71.3 Å². The molecule has 2 unspecified atom stereocenters. The molecule has 190 valence electrons. The number of esters is 1. The second kappa shape index (κ2) is 9.56. The third kappa shape index (κ3) is 3.86. The van der Waals surface area contributed by atoms with Crippen molar-refractivity contribution in [3.63, 3.8) is 0 Å². The van der Waals surface area contributed by atoms with Crippen LogP contribution in [0.2, 0.25) is 5.02 Å². The number of halogens is 1. The van der Waals surface area contributed by atoms with Gasteiger partial charge in [0.25, 0.3) is 5.91 Å². The van der Waals surface area contributed by atoms with Gasteiger partial charge in [0.1, 0.15) is 17.6 Å². The van der Waals surface area contributed by atoms with Crippen molar-refractivity contribution < 1.29 is 29.0 Å². The fourth-order valence-electron chi connectivity index (χ4n) is 6.31. The number of amides is 2. The summed E-state index contributed by atoms with van der Waals surface area (Å²) in [6, 6.07) is 4.42. The quantitative estimate of drug-likeness (QED) is 0.410. The molecule has 1 N–H and O–H groups in total. The van der Waals surface area contributed by atoms with Crippen LogP contribution in [0, 0.1) is 18.8 Å². The van der Waals surface area contributed by atoms with Crippen LogP contribution in [0.4, 0.5) is 5.69 Å². The van der Waals surface area contributed by atoms with Crippen LogP contribution >= 0.6 is 11.6 Å². The summed E-state index contributed by atoms with van der Waals surface area (Å²) in [7, 11) is 0. The first-order valence-electron chi connectivity index (χ1n) is 12.1. The Morgan fingerprint density at radius 3 is 2.77 bits per heavy atom. The number of carbonyl (C=O) groups excluding carboxylic acids is 3. The summed E-state index contributed by atoms with van der Waals surface area (Å²) in [6.45, 7) is 9.63. The molecule has 4 rings (SSSR count). The predicted molar refractivity (Wildman–Crippen MR) is 131 cm³/mol. The number of rotatable bonds is 9. The topological polar surface area (TPSA) is 96.4 Å². The largest absolute Gasteiger partial charge is 0.466 e. The van der Waals surface area contributed by atoms with Crippen molar-refractivity contribution >= 4 is 35.1 Å². The molecule has 5 atom stereocenters. The van der Waals surface area contributed by atoms with Gasteiger partial charge in [-0.1, -0.05) is 29.8 Å². The highest BCUT2D eigenvalue weighted by Crippen LogP contribution is 2.63. The maximum Gasteiger partial charge on any atom is 0.312 e. The van der Waals surface area contributed by atoms with Crippen molar-refractivity contribution in [2.75, 3.05) is 31.2 Å². The van der Waals surface area contributed by atoms with E-state index in [0.717, 1.165) is 5.56 Å². The van der Waals surface area contributed by atoms with E-state index < -0.39 is 35.0 Å². The Balaban J connectivity index is 1.83. The molecular formula is C26H33ClN2O6. The lowest BCUT2D eigenvalue weighted by Gasteiger charge is -2.37. The zero-order chi connectivity index (χ0) is 25.5. The van der Waals surface area contributed by atoms with Crippen LogP contribution in [0.3, 0.4) is 0 Å². The van der Waals surface area contributed by atoms with Crippen molar-refractivity contribution in [1.82, 2.24) is 4.90 Å². The average Bonchev–Trinajstić information content (AvgIpc) is 3.37. The summed E-state index contributed by atoms with van der Waals surface area (Å²) in [5.74, 6) is -2.76. The van der Waals surface area contributed by atoms with Gasteiger partial charge in [-0.3, -0.25) is 14.4 Å². The lowest BCUT2D eigenvalue weighted by atomic mass is 9.66. The summed E-state index contributed by atoms with van der Waals surface area (Å²) in [5.41, 5.74) is -0.697. The van der Waals surface area contributed by atoms with Gasteiger partial charge in [0, 0.05) is 19.7 Å². The fourth-order valence-corrected chi connectivity index (χ4v) is 6.63. The summed E-state index contributed by atoms with van der Waals surface area (Å²) >= 11 is 6.53. The number of hydrogen-bond acceptors (Lipinski definition) is 6. The minimum atomic E-state index is -1.16. The van der Waals surface area contributed by atoms with Crippen molar-refractivity contribution in [2.45, 2.75) is 57.3 Å². The molecule has 2 amide bonds. The maximum atomic E-state index is 14.4. The molecule has 2 bridgehead atoms. The molecule has 1 aromatic rings. The van der Waals surface area contributed by atoms with Crippen molar-refractivity contribution in [2.24, 2.45) is 11.8 Å². The van der Waals surface area contributed by atoms with Gasteiger partial charge in [-0.2, -0.15) is 0 Å². The van der Waals surface area contributed by atoms with E-state index in [-0.39, 0.29) is 38.1 Å². The van der Waals surface area contributed by atoms with Crippen molar-refractivity contribution in [3.05, 3.63) is 41.4 Å². The first-order valence-corrected chi connectivity index (χ1v) is 12.5. The molecule has 1 aromatic carbocycles. The Morgan fingerprint density at radius 2 is 2.14 bits per heavy atom. The van der Waals surface area contributed by atoms with Crippen LogP contribution in [0.1, 0.15) is 38.7 Å². The number of aryl methyl sites for hydroxylation is 1. The second-order valence-corrected chi connectivity index (χ2v) is 10.1. The van der Waals surface area contributed by atoms with Gasteiger partial charge in [-0.15, -0.1) is 6.58 Å². The number of hydrogen-bond donors (Lipinski definition) is 1. The third-order valence-electron chi connectivity index (χ3n) is 7.64. The normalized spacial score (nSPS) is 30.9. The standard InChI is InChI=1S/C26H33ClN2O6/c1-5-13-28(20-16(3)9-7-10-17(20)27)23(32)21-26-12-11-25(4,35-26)19(24(33)34-6-2)18(26)22(31)29(21)14-8-15-30/h5,7,9-10,18-19,21,30H,1,6,8,11-15H2,2-4H3/t18-,19+,21?,25-,26?/m0/s1. The number of aliphatic hydroxyl groups excluding tert-OH is 1. The minimum Gasteiger partial charge on any atom is -0.466 e. The van der Waals surface area contributed by atoms with Crippen LogP contribution in [0.5, 0.6) is 0 Å². The van der Waals surface area contributed by atoms with E-state index in [4.69, 9.17) is 21.1 Å². The highest BCUT2D eigenvalue weighted by molar-refractivity contribution is 6.34. The van der Waals surface area contributed by atoms with Gasteiger partial charge >= 0.3 is 5.97 Å². The number of benzene rings is 1. The molecule has 3 heterocycles. The van der Waals surface area contributed by atoms with Gasteiger partial charge in [0.05, 0.1) is 28.8 Å². The molecule has 3 aliphatic heterocycles. The molecule has 3 aliphatic rings. The van der Waals surface area contributed by atoms with Crippen LogP contribution < -0.4 is 4.90 Å². The van der Waals surface area contributed by atoms with E-state index in [1.807, 2.05) is 26.0 Å². The Bertz CT molecular complexity index is 1030. The summed E-state index contributed by atoms with van der Waals surface area (Å²) < 4.78 is 11.9. The minimum absolute atomic E-state index is 0.137. The molecular weight excluding hydrogens is 472 g/mol. The zero-order valence-corrected chi connectivity index (χ0v) is 21.2. The van der Waals surface area contributed by atoms with Crippen LogP contribution in [0.25, 0.3) is 0 Å². The third-order valence-corrected chi connectivity index (χ3v) is 7.95. The number of anilines is 1. The number of ether oxygens (including phenoxy) is 2. The van der Waals surface area contributed by atoms with E-state index in [1.165, 1.54) is 4.90 Å². The van der Waals surface area contributed by atoms with Gasteiger partial charge in [-0.25, -0.2) is 0 Å². The van der Waals surface area contributed by atoms with Gasteiger partial charge in [0.15, 0.2) is 0 Å². The summed E-state index contributed by atoms with van der Waals surface area (Å²) in [6.07, 6.45) is 2.91. The predicted octanol–water partition coefficient (Wildman–Crippen LogP) is 2.88. The fraction of sp³-hybridized carbons (Fsp3) is 0.577. The molecule has 0 aliphatic carbocycles. The zero-order valence-electron chi connectivity index (χ0n) is 20.5. The Morgan fingerprint density at radius 1 is 1.40 bits per heavy atom. The number of para-hydroxylation sites is 1. The highest BCUT2D eigenvalue weighted by Gasteiger charge is 2.78. The second-order valence-electron chi connectivity index (χ2n) is 9.73. The Hall–Kier alpha value is -2.42. The Labute approximate surface area is 210 Å². The number of nitrogens with zero attached hydrogens (tertiary/aromatic N) is 2. The summed E-state index contributed by atoms with van der Waals surface area (Å²) in [4.78, 5) is 44.3. The monoisotopic (exact) mass is 504 g/mol. The highest BCUT2D eigenvalue weighted by atomic mass is 35.5. The molecule has 35 heavy (non-hydrogen) atoms. The average molecular weight is 505 g/mol. The SMILES string of the molecule is C=CCN(C(=O)C1N(CCCO)C(=O)[C@@H]2[C@H](C(=O)OCC)[C@]3(C)CCC12O3)c1c(C)cccc1Cl. The van der Waals surface area contributed by atoms with E-state index in [9.17, 15) is 19.5 Å². The lowest BCUT2D eigenvalue weighted by molar-refractivity contribution is -0.159. The van der Waals surface area contributed by atoms with Gasteiger partial charge in [-0.05, 0) is 51.7 Å². The lowest BCUT2D eigenvalue weighted by Crippen LogP contribution is -2.56. The summed E-state index contributed by atoms with van der Waals surface area (Å²) in [5, 5.41) is 9.91. The first-order chi connectivity index (χ1) is 16.7. The maximum absolute atomic E-state index is 14.4. The van der Waals surface area contributed by atoms with Gasteiger partial charge < -0.3 is 24.4 Å². The number of fused-ring (bicyclic) bond motifs is 1. The van der Waals surface area contributed by atoms with Crippen molar-refractivity contribution in [1.29, 1.82) is 0 Å². The number of carbonyl (C=O) groups is 3. The molecule has 0 aromatic heterocycles. The molecule has 0 radical (unpaired) electrons. The molecule has 8 nitrogen and oxygen atoms in total. The number of likely N-dealkylation sites (tertiary alicyclic amines) is 1. The first kappa shape index (κ1) is 25.7. The Kier molecular flexibility index (Phi) is 7.01. The number of aliphatic hydroxyl groups is 1. The van der Waals surface area contributed by atoms with Crippen LogP contribution in [-0.2, 0) is 23.9 Å². The van der Waals surface area contributed by atoms with Crippen molar-refractivity contribution in [3.8, 4) is 0 Å². The molecule has 3 fully saturated rings. The van der Waals surface area contributed by atoms with E-state index in [2.05, 4.69) is 6.58 Å². The smallest absolute Gasteiger partial charge is 0.312 e. The van der Waals surface area contributed by atoms with E-state index >= 15 is 0 Å². The van der Waals surface area contributed by atoms with Crippen LogP contribution in [0.15, 0.2) is 30.9 Å². The molecule has 9 heteroatoms.